The van der Waals surface area contributed by atoms with Crippen molar-refractivity contribution in [2.45, 2.75) is 70.6 Å². The van der Waals surface area contributed by atoms with Gasteiger partial charge in [-0.1, -0.05) is 36.2 Å². The number of piperidine rings is 1. The summed E-state index contributed by atoms with van der Waals surface area (Å²) < 4.78 is 40.9. The van der Waals surface area contributed by atoms with Gasteiger partial charge in [-0.05, 0) is 62.1 Å². The quantitative estimate of drug-likeness (QED) is 0.423. The first-order valence-electron chi connectivity index (χ1n) is 13.5. The molecule has 2 fully saturated rings. The molecule has 3 aliphatic rings. The van der Waals surface area contributed by atoms with Crippen LogP contribution >= 0.6 is 11.6 Å². The van der Waals surface area contributed by atoms with Gasteiger partial charge in [-0.25, -0.2) is 0 Å². The zero-order valence-corrected chi connectivity index (χ0v) is 22.6. The minimum absolute atomic E-state index is 0.00316. The van der Waals surface area contributed by atoms with Crippen LogP contribution in [0.3, 0.4) is 0 Å². The molecule has 2 saturated heterocycles. The molecule has 0 spiro atoms. The van der Waals surface area contributed by atoms with Gasteiger partial charge in [0.1, 0.15) is 0 Å². The van der Waals surface area contributed by atoms with E-state index in [0.29, 0.717) is 6.54 Å². The molecule has 2 atom stereocenters. The van der Waals surface area contributed by atoms with Crippen molar-refractivity contribution < 1.29 is 27.9 Å². The molecule has 10 heteroatoms. The molecule has 0 saturated carbocycles. The number of amides is 1. The van der Waals surface area contributed by atoms with Crippen molar-refractivity contribution in [3.05, 3.63) is 46.0 Å². The third kappa shape index (κ3) is 6.72. The Morgan fingerprint density at radius 2 is 1.89 bits per heavy atom. The van der Waals surface area contributed by atoms with Crippen LogP contribution in [0.15, 0.2) is 29.8 Å². The fourth-order valence-electron chi connectivity index (χ4n) is 6.29. The van der Waals surface area contributed by atoms with Gasteiger partial charge in [-0.2, -0.15) is 13.2 Å². The summed E-state index contributed by atoms with van der Waals surface area (Å²) in [7, 11) is 0. The molecule has 2 aliphatic heterocycles. The highest BCUT2D eigenvalue weighted by atomic mass is 35.5. The van der Waals surface area contributed by atoms with Crippen LogP contribution in [0, 0.1) is 11.3 Å². The summed E-state index contributed by atoms with van der Waals surface area (Å²) >= 11 is 6.16. The van der Waals surface area contributed by atoms with Gasteiger partial charge in [-0.15, -0.1) is 0 Å². The van der Waals surface area contributed by atoms with E-state index in [0.717, 1.165) is 51.4 Å². The Bertz CT molecular complexity index is 1060. The Morgan fingerprint density at radius 3 is 2.53 bits per heavy atom. The number of allylic oxidation sites excluding steroid dienone is 1. The number of aliphatic carboxylic acids is 1. The van der Waals surface area contributed by atoms with E-state index in [1.807, 2.05) is 0 Å². The highest BCUT2D eigenvalue weighted by Crippen LogP contribution is 2.42. The maximum absolute atomic E-state index is 13.6. The number of hydrogen-bond acceptors (Lipinski definition) is 4. The van der Waals surface area contributed by atoms with Crippen molar-refractivity contribution in [3.63, 3.8) is 0 Å². The van der Waals surface area contributed by atoms with Gasteiger partial charge >= 0.3 is 12.1 Å². The number of alkyl halides is 3. The van der Waals surface area contributed by atoms with Gasteiger partial charge in [-0.3, -0.25) is 19.4 Å². The summed E-state index contributed by atoms with van der Waals surface area (Å²) in [5.41, 5.74) is -0.601. The standard InChI is InChI=1S/C28H37ClF3N3O3/c1-19-15-35(17-22-23(28(30,31)32)8-5-9-24(22)29)18-27(19,14-25(36)37)26(38)33-21-10-12-34(13-11-21)16-20-6-3-2-4-7-20/h5-6,8-9,19,21H,2-4,7,10-18H2,1H3,(H,33,38)(H,36,37). The van der Waals surface area contributed by atoms with E-state index in [1.54, 1.807) is 11.8 Å². The molecule has 0 bridgehead atoms. The third-order valence-electron chi connectivity index (χ3n) is 8.44. The van der Waals surface area contributed by atoms with Crippen LogP contribution < -0.4 is 5.32 Å². The molecular weight excluding hydrogens is 519 g/mol. The molecule has 1 amide bonds. The topological polar surface area (TPSA) is 72.9 Å². The molecule has 2 unspecified atom stereocenters. The number of rotatable bonds is 8. The lowest BCUT2D eigenvalue weighted by Gasteiger charge is -2.36. The number of hydrogen-bond donors (Lipinski definition) is 2. The van der Waals surface area contributed by atoms with Crippen LogP contribution in [0.25, 0.3) is 0 Å². The molecule has 1 aromatic rings. The maximum atomic E-state index is 13.6. The van der Waals surface area contributed by atoms with E-state index in [4.69, 9.17) is 11.6 Å². The van der Waals surface area contributed by atoms with Crippen LogP contribution in [0.4, 0.5) is 13.2 Å². The molecule has 2 N–H and O–H groups in total. The molecule has 1 aromatic carbocycles. The lowest BCUT2D eigenvalue weighted by molar-refractivity contribution is -0.147. The molecule has 4 rings (SSSR count). The van der Waals surface area contributed by atoms with Crippen molar-refractivity contribution in [1.29, 1.82) is 0 Å². The second-order valence-corrected chi connectivity index (χ2v) is 11.6. The molecule has 0 aromatic heterocycles. The minimum atomic E-state index is -4.57. The Morgan fingerprint density at radius 1 is 1.16 bits per heavy atom. The number of carboxylic acid groups (broad SMARTS) is 1. The number of carbonyl (C=O) groups excluding carboxylic acids is 1. The van der Waals surface area contributed by atoms with Crippen LogP contribution in [0.5, 0.6) is 0 Å². The number of carbonyl (C=O) groups is 2. The molecule has 210 valence electrons. The summed E-state index contributed by atoms with van der Waals surface area (Å²) in [6.45, 7) is 4.75. The molecule has 38 heavy (non-hydrogen) atoms. The Balaban J connectivity index is 1.42. The summed E-state index contributed by atoms with van der Waals surface area (Å²) in [6.07, 6.45) is 3.78. The Kier molecular flexibility index (Phi) is 9.10. The minimum Gasteiger partial charge on any atom is -0.481 e. The largest absolute Gasteiger partial charge is 0.481 e. The first kappa shape index (κ1) is 28.9. The lowest BCUT2D eigenvalue weighted by Crippen LogP contribution is -2.53. The van der Waals surface area contributed by atoms with E-state index >= 15 is 0 Å². The fraction of sp³-hybridized carbons (Fsp3) is 0.643. The van der Waals surface area contributed by atoms with Crippen molar-refractivity contribution in [2.24, 2.45) is 11.3 Å². The predicted molar refractivity (Wildman–Crippen MR) is 140 cm³/mol. The van der Waals surface area contributed by atoms with Gasteiger partial charge < -0.3 is 10.4 Å². The van der Waals surface area contributed by atoms with Crippen LogP contribution in [-0.4, -0.2) is 65.5 Å². The summed E-state index contributed by atoms with van der Waals surface area (Å²) in [4.78, 5) is 29.6. The average Bonchev–Trinajstić information content (AvgIpc) is 3.16. The van der Waals surface area contributed by atoms with Gasteiger partial charge in [0.05, 0.1) is 17.4 Å². The van der Waals surface area contributed by atoms with Crippen molar-refractivity contribution in [1.82, 2.24) is 15.1 Å². The molecule has 0 radical (unpaired) electrons. The predicted octanol–water partition coefficient (Wildman–Crippen LogP) is 5.35. The highest BCUT2D eigenvalue weighted by Gasteiger charge is 2.52. The normalized spacial score (nSPS) is 25.8. The van der Waals surface area contributed by atoms with E-state index in [9.17, 15) is 27.9 Å². The number of halogens is 4. The Hall–Kier alpha value is -2.10. The second kappa shape index (κ2) is 12.0. The van der Waals surface area contributed by atoms with Gasteiger partial charge in [0.15, 0.2) is 0 Å². The van der Waals surface area contributed by atoms with E-state index in [-0.39, 0.29) is 48.0 Å². The maximum Gasteiger partial charge on any atom is 0.416 e. The summed E-state index contributed by atoms with van der Waals surface area (Å²) in [5.74, 6) is -1.77. The van der Waals surface area contributed by atoms with E-state index < -0.39 is 23.1 Å². The monoisotopic (exact) mass is 555 g/mol. The second-order valence-electron chi connectivity index (χ2n) is 11.2. The molecule has 2 heterocycles. The van der Waals surface area contributed by atoms with Gasteiger partial charge in [0.2, 0.25) is 5.91 Å². The number of nitrogens with zero attached hydrogens (tertiary/aromatic N) is 2. The van der Waals surface area contributed by atoms with Crippen LogP contribution in [0.1, 0.15) is 63.0 Å². The molecule has 6 nitrogen and oxygen atoms in total. The molecular formula is C28H37ClF3N3O3. The zero-order chi connectivity index (χ0) is 27.5. The number of nitrogens with one attached hydrogen (secondary N) is 1. The van der Waals surface area contributed by atoms with Crippen molar-refractivity contribution in [2.75, 3.05) is 32.7 Å². The third-order valence-corrected chi connectivity index (χ3v) is 8.79. The lowest BCUT2D eigenvalue weighted by atomic mass is 9.75. The first-order valence-corrected chi connectivity index (χ1v) is 13.9. The van der Waals surface area contributed by atoms with E-state index in [2.05, 4.69) is 16.3 Å². The summed E-state index contributed by atoms with van der Waals surface area (Å²) in [6, 6.07) is 3.63. The van der Waals surface area contributed by atoms with Gasteiger partial charge in [0, 0.05) is 50.3 Å². The van der Waals surface area contributed by atoms with Crippen molar-refractivity contribution >= 4 is 23.5 Å². The van der Waals surface area contributed by atoms with E-state index in [1.165, 1.54) is 30.5 Å². The highest BCUT2D eigenvalue weighted by molar-refractivity contribution is 6.31. The summed E-state index contributed by atoms with van der Waals surface area (Å²) in [5, 5.41) is 12.8. The number of carboxylic acids is 1. The van der Waals surface area contributed by atoms with Crippen LogP contribution in [0.2, 0.25) is 5.02 Å². The average molecular weight is 556 g/mol. The first-order chi connectivity index (χ1) is 18.0. The van der Waals surface area contributed by atoms with Gasteiger partial charge in [0.25, 0.3) is 0 Å². The SMILES string of the molecule is CC1CN(Cc2c(Cl)cccc2C(F)(F)F)CC1(CC(=O)O)C(=O)NC1CCN(CC2=CCCCC2)CC1. The fourth-order valence-corrected chi connectivity index (χ4v) is 6.52. The molecule has 1 aliphatic carbocycles. The Labute approximate surface area is 227 Å². The zero-order valence-electron chi connectivity index (χ0n) is 21.8. The number of benzene rings is 1. The number of likely N-dealkylation sites (tertiary alicyclic amines) is 2. The van der Waals surface area contributed by atoms with Crippen LogP contribution in [-0.2, 0) is 22.3 Å². The smallest absolute Gasteiger partial charge is 0.416 e. The van der Waals surface area contributed by atoms with Crippen molar-refractivity contribution in [3.8, 4) is 0 Å².